The van der Waals surface area contributed by atoms with E-state index in [-0.39, 0.29) is 6.92 Å². The molecule has 0 nitrogen and oxygen atoms in total. The number of alkyl halides is 8. The van der Waals surface area contributed by atoms with Crippen molar-refractivity contribution in [2.45, 2.75) is 24.4 Å². The van der Waals surface area contributed by atoms with Gasteiger partial charge >= 0.3 is 12.4 Å². The first-order valence-corrected chi connectivity index (χ1v) is 3.26. The Morgan fingerprint density at radius 3 is 1.08 bits per heavy atom. The van der Waals surface area contributed by atoms with E-state index < -0.39 is 23.4 Å². The van der Waals surface area contributed by atoms with Gasteiger partial charge in [-0.15, -0.1) is 0 Å². The molecule has 1 unspecified atom stereocenters. The zero-order chi connectivity index (χ0) is 11.1. The Balaban J connectivity index is 5.02. The summed E-state index contributed by atoms with van der Waals surface area (Å²) >= 11 is 4.36. The summed E-state index contributed by atoms with van der Waals surface area (Å²) in [7, 11) is 0. The quantitative estimate of drug-likeness (QED) is 0.478. The zero-order valence-corrected chi connectivity index (χ0v) is 6.86. The molecule has 1 atom stereocenters. The van der Waals surface area contributed by atoms with Crippen LogP contribution in [0.25, 0.3) is 0 Å². The highest BCUT2D eigenvalue weighted by Gasteiger charge is 2.65. The molecule has 0 amide bonds. The van der Waals surface area contributed by atoms with Gasteiger partial charge in [-0.2, -0.15) is 26.3 Å². The van der Waals surface area contributed by atoms with Crippen LogP contribution in [0.15, 0.2) is 0 Å². The lowest BCUT2D eigenvalue weighted by Crippen LogP contribution is -2.46. The van der Waals surface area contributed by atoms with E-state index in [2.05, 4.69) is 11.6 Å². The van der Waals surface area contributed by atoms with Crippen molar-refractivity contribution in [1.29, 1.82) is 0 Å². The zero-order valence-electron chi connectivity index (χ0n) is 6.10. The van der Waals surface area contributed by atoms with E-state index >= 15 is 0 Å². The van der Waals surface area contributed by atoms with Gasteiger partial charge in [0, 0.05) is 0 Å². The first-order chi connectivity index (χ1) is 5.37. The predicted molar refractivity (Wildman–Crippen MR) is 31.0 cm³/mol. The van der Waals surface area contributed by atoms with E-state index in [1.54, 1.807) is 0 Å². The fourth-order valence-electron chi connectivity index (χ4n) is 0.760. The smallest absolute Gasteiger partial charge is 0.226 e. The van der Waals surface area contributed by atoms with Crippen LogP contribution in [0.3, 0.4) is 0 Å². The van der Waals surface area contributed by atoms with Gasteiger partial charge in [-0.25, -0.2) is 4.39 Å². The van der Waals surface area contributed by atoms with Crippen LogP contribution in [0.1, 0.15) is 6.92 Å². The third-order valence-corrected chi connectivity index (χ3v) is 1.38. The van der Waals surface area contributed by atoms with E-state index in [1.165, 1.54) is 0 Å². The summed E-state index contributed by atoms with van der Waals surface area (Å²) in [6, 6.07) is 0. The molecule has 0 radical (unpaired) electrons. The van der Waals surface area contributed by atoms with E-state index in [4.69, 9.17) is 0 Å². The SMILES string of the molecule is CC(F)(Cl)C(C(F)(F)F)C(F)(F)F. The highest BCUT2D eigenvalue weighted by molar-refractivity contribution is 6.22. The minimum atomic E-state index is -5.75. The fraction of sp³-hybridized carbons (Fsp3) is 1.00. The average Bonchev–Trinajstić information content (AvgIpc) is 1.44. The van der Waals surface area contributed by atoms with Crippen molar-refractivity contribution >= 4 is 11.6 Å². The van der Waals surface area contributed by atoms with Crippen LogP contribution < -0.4 is 0 Å². The van der Waals surface area contributed by atoms with Crippen molar-refractivity contribution < 1.29 is 30.7 Å². The second-order valence-electron chi connectivity index (χ2n) is 2.47. The van der Waals surface area contributed by atoms with Crippen LogP contribution in [0.2, 0.25) is 0 Å². The molecular weight excluding hydrogens is 228 g/mol. The normalized spacial score (nSPS) is 18.9. The minimum Gasteiger partial charge on any atom is -0.226 e. The number of hydrogen-bond acceptors (Lipinski definition) is 0. The molecule has 0 aromatic carbocycles. The van der Waals surface area contributed by atoms with Gasteiger partial charge in [-0.3, -0.25) is 0 Å². The minimum absolute atomic E-state index is 0.0141. The standard InChI is InChI=1S/C5H4ClF7/c1-3(6,7)2(4(8,9)10)5(11,12)13/h2H,1H3. The molecule has 0 aromatic heterocycles. The van der Waals surface area contributed by atoms with Crippen molar-refractivity contribution in [3.05, 3.63) is 0 Å². The summed E-state index contributed by atoms with van der Waals surface area (Å²) in [6.45, 7) is 0.0141. The second kappa shape index (κ2) is 3.18. The number of rotatable bonds is 1. The largest absolute Gasteiger partial charge is 0.404 e. The summed E-state index contributed by atoms with van der Waals surface area (Å²) in [5.41, 5.74) is 0. The molecule has 0 N–H and O–H groups in total. The predicted octanol–water partition coefficient (Wildman–Crippen LogP) is 3.65. The fourth-order valence-corrected chi connectivity index (χ4v) is 1.01. The number of halogens is 8. The molecule has 0 aromatic rings. The van der Waals surface area contributed by atoms with Crippen LogP contribution in [0.5, 0.6) is 0 Å². The van der Waals surface area contributed by atoms with E-state index in [0.29, 0.717) is 0 Å². The van der Waals surface area contributed by atoms with Gasteiger partial charge < -0.3 is 0 Å². The molecule has 0 saturated carbocycles. The second-order valence-corrected chi connectivity index (χ2v) is 3.21. The van der Waals surface area contributed by atoms with Gasteiger partial charge in [-0.05, 0) is 6.92 Å². The third kappa shape index (κ3) is 3.58. The molecule has 80 valence electrons. The molecule has 13 heavy (non-hydrogen) atoms. The van der Waals surface area contributed by atoms with Gasteiger partial charge in [0.15, 0.2) is 5.92 Å². The topological polar surface area (TPSA) is 0 Å². The van der Waals surface area contributed by atoms with Gasteiger partial charge in [0.1, 0.15) is 0 Å². The number of hydrogen-bond donors (Lipinski definition) is 0. The molecule has 0 fully saturated rings. The highest BCUT2D eigenvalue weighted by atomic mass is 35.5. The summed E-state index contributed by atoms with van der Waals surface area (Å²) in [4.78, 5) is 0. The Morgan fingerprint density at radius 2 is 1.08 bits per heavy atom. The maximum atomic E-state index is 12.4. The van der Waals surface area contributed by atoms with Crippen LogP contribution in [-0.4, -0.2) is 17.5 Å². The van der Waals surface area contributed by atoms with Crippen molar-refractivity contribution in [1.82, 2.24) is 0 Å². The molecule has 8 heteroatoms. The van der Waals surface area contributed by atoms with Gasteiger partial charge in [0.05, 0.1) is 0 Å². The van der Waals surface area contributed by atoms with Gasteiger partial charge in [-0.1, -0.05) is 11.6 Å². The molecule has 0 heterocycles. The molecule has 0 aliphatic rings. The average molecular weight is 233 g/mol. The van der Waals surface area contributed by atoms with Crippen molar-refractivity contribution in [2.24, 2.45) is 5.92 Å². The molecule has 0 rings (SSSR count). The Bertz CT molecular complexity index is 140. The van der Waals surface area contributed by atoms with Crippen molar-refractivity contribution in [2.75, 3.05) is 0 Å². The van der Waals surface area contributed by atoms with Gasteiger partial charge in [0.2, 0.25) is 5.13 Å². The third-order valence-electron chi connectivity index (χ3n) is 1.16. The molecular formula is C5H4ClF7. The molecule has 0 aliphatic carbocycles. The lowest BCUT2D eigenvalue weighted by atomic mass is 10.0. The molecule has 0 bridgehead atoms. The van der Waals surface area contributed by atoms with Crippen molar-refractivity contribution in [3.8, 4) is 0 Å². The lowest BCUT2D eigenvalue weighted by Gasteiger charge is -2.28. The van der Waals surface area contributed by atoms with Crippen LogP contribution in [0, 0.1) is 5.92 Å². The molecule has 0 spiro atoms. The van der Waals surface area contributed by atoms with Crippen LogP contribution in [0.4, 0.5) is 30.7 Å². The van der Waals surface area contributed by atoms with Crippen molar-refractivity contribution in [3.63, 3.8) is 0 Å². The van der Waals surface area contributed by atoms with Gasteiger partial charge in [0.25, 0.3) is 0 Å². The van der Waals surface area contributed by atoms with Crippen LogP contribution >= 0.6 is 11.6 Å². The Hall–Kier alpha value is -0.200. The Morgan fingerprint density at radius 1 is 0.846 bits per heavy atom. The Labute approximate surface area is 73.7 Å². The summed E-state index contributed by atoms with van der Waals surface area (Å²) in [5, 5.41) is -3.89. The van der Waals surface area contributed by atoms with E-state index in [0.717, 1.165) is 0 Å². The highest BCUT2D eigenvalue weighted by Crippen LogP contribution is 2.48. The van der Waals surface area contributed by atoms with Crippen LogP contribution in [-0.2, 0) is 0 Å². The van der Waals surface area contributed by atoms with E-state index in [9.17, 15) is 30.7 Å². The lowest BCUT2D eigenvalue weighted by molar-refractivity contribution is -0.303. The summed E-state index contributed by atoms with van der Waals surface area (Å²) in [6.07, 6.45) is -11.5. The maximum Gasteiger partial charge on any atom is 0.404 e. The maximum absolute atomic E-state index is 12.4. The first-order valence-electron chi connectivity index (χ1n) is 2.88. The first kappa shape index (κ1) is 12.8. The van der Waals surface area contributed by atoms with E-state index in [1.807, 2.05) is 0 Å². The summed E-state index contributed by atoms with van der Waals surface area (Å²) < 4.78 is 82.4. The molecule has 0 saturated heterocycles. The summed E-state index contributed by atoms with van der Waals surface area (Å²) in [5.74, 6) is -4.17. The monoisotopic (exact) mass is 232 g/mol. The Kier molecular flexibility index (Phi) is 3.13. The molecule has 0 aliphatic heterocycles.